The van der Waals surface area contributed by atoms with Gasteiger partial charge in [-0.15, -0.1) is 11.3 Å². The number of carbonyl (C=O) groups is 2. The van der Waals surface area contributed by atoms with E-state index >= 15 is 0 Å². The van der Waals surface area contributed by atoms with E-state index in [2.05, 4.69) is 15.3 Å². The van der Waals surface area contributed by atoms with Crippen molar-refractivity contribution in [3.8, 4) is 0 Å². The molecular formula is C12H13N3O4S. The molecule has 0 radical (unpaired) electrons. The molecule has 20 heavy (non-hydrogen) atoms. The summed E-state index contributed by atoms with van der Waals surface area (Å²) in [4.78, 5) is 42.0. The lowest BCUT2D eigenvalue weighted by atomic mass is 10.2. The molecule has 2 aromatic rings. The van der Waals surface area contributed by atoms with E-state index in [1.54, 1.807) is 13.8 Å². The molecule has 1 atom stereocenters. The van der Waals surface area contributed by atoms with Gasteiger partial charge in [0.2, 0.25) is 0 Å². The molecule has 2 heterocycles. The number of hydrogen-bond donors (Lipinski definition) is 3. The van der Waals surface area contributed by atoms with E-state index in [-0.39, 0.29) is 12.0 Å². The number of nitrogens with zero attached hydrogens (tertiary/aromatic N) is 1. The third-order valence-electron chi connectivity index (χ3n) is 2.95. The van der Waals surface area contributed by atoms with Crippen LogP contribution in [0, 0.1) is 6.92 Å². The highest BCUT2D eigenvalue weighted by molar-refractivity contribution is 7.20. The summed E-state index contributed by atoms with van der Waals surface area (Å²) in [6.07, 6.45) is 1.55. The van der Waals surface area contributed by atoms with Gasteiger partial charge in [-0.1, -0.05) is 6.92 Å². The highest BCUT2D eigenvalue weighted by atomic mass is 32.1. The third kappa shape index (κ3) is 2.42. The van der Waals surface area contributed by atoms with Crippen LogP contribution in [0.15, 0.2) is 11.1 Å². The maximum atomic E-state index is 12.1. The minimum Gasteiger partial charge on any atom is -0.480 e. The lowest BCUT2D eigenvalue weighted by Crippen LogP contribution is -2.40. The zero-order valence-corrected chi connectivity index (χ0v) is 11.7. The zero-order valence-electron chi connectivity index (χ0n) is 10.9. The van der Waals surface area contributed by atoms with Gasteiger partial charge in [0.15, 0.2) is 0 Å². The summed E-state index contributed by atoms with van der Waals surface area (Å²) in [5.74, 6) is -1.59. The smallest absolute Gasteiger partial charge is 0.326 e. The monoisotopic (exact) mass is 295 g/mol. The molecule has 0 aliphatic rings. The van der Waals surface area contributed by atoms with Crippen LogP contribution in [-0.2, 0) is 4.79 Å². The second-order valence-electron chi connectivity index (χ2n) is 4.24. The Hall–Kier alpha value is -2.22. The Morgan fingerprint density at radius 3 is 2.80 bits per heavy atom. The molecular weight excluding hydrogens is 282 g/mol. The molecule has 0 spiro atoms. The SMILES string of the molecule is CC[C@H](NC(=O)c1sc2nc[nH]c(=O)c2c1C)C(=O)O. The number of H-pyrrole nitrogens is 1. The van der Waals surface area contributed by atoms with Crippen molar-refractivity contribution in [2.45, 2.75) is 26.3 Å². The average molecular weight is 295 g/mol. The fourth-order valence-electron chi connectivity index (χ4n) is 1.86. The number of fused-ring (bicyclic) bond motifs is 1. The van der Waals surface area contributed by atoms with E-state index < -0.39 is 17.9 Å². The molecule has 2 rings (SSSR count). The molecule has 0 bridgehead atoms. The number of aromatic amines is 1. The van der Waals surface area contributed by atoms with Crippen molar-refractivity contribution in [2.75, 3.05) is 0 Å². The molecule has 0 saturated heterocycles. The molecule has 3 N–H and O–H groups in total. The first-order chi connectivity index (χ1) is 9.45. The Kier molecular flexibility index (Phi) is 3.84. The molecule has 0 saturated carbocycles. The quantitative estimate of drug-likeness (QED) is 0.775. The van der Waals surface area contributed by atoms with Crippen molar-refractivity contribution in [1.82, 2.24) is 15.3 Å². The summed E-state index contributed by atoms with van der Waals surface area (Å²) in [5.41, 5.74) is 0.199. The van der Waals surface area contributed by atoms with Gasteiger partial charge in [-0.05, 0) is 18.9 Å². The van der Waals surface area contributed by atoms with Crippen LogP contribution in [0.3, 0.4) is 0 Å². The van der Waals surface area contributed by atoms with Gasteiger partial charge in [0, 0.05) is 0 Å². The first kappa shape index (κ1) is 14.2. The topological polar surface area (TPSA) is 112 Å². The normalized spacial score (nSPS) is 12.3. The molecule has 106 valence electrons. The lowest BCUT2D eigenvalue weighted by Gasteiger charge is -2.11. The van der Waals surface area contributed by atoms with Gasteiger partial charge in [0.05, 0.1) is 16.6 Å². The second kappa shape index (κ2) is 5.41. The Labute approximate surface area is 117 Å². The standard InChI is InChI=1S/C12H13N3O4S/c1-3-6(12(18)19)15-10(17)8-5(2)7-9(16)13-4-14-11(7)20-8/h4,6H,3H2,1-2H3,(H,15,17)(H,18,19)(H,13,14,16)/t6-/m0/s1. The van der Waals surface area contributed by atoms with Crippen molar-refractivity contribution in [2.24, 2.45) is 0 Å². The molecule has 7 nitrogen and oxygen atoms in total. The number of carboxylic acid groups (broad SMARTS) is 1. The molecule has 0 aliphatic heterocycles. The minimum absolute atomic E-state index is 0.282. The highest BCUT2D eigenvalue weighted by Crippen LogP contribution is 2.26. The van der Waals surface area contributed by atoms with Gasteiger partial charge < -0.3 is 15.4 Å². The van der Waals surface area contributed by atoms with Crippen LogP contribution in [0.4, 0.5) is 0 Å². The van der Waals surface area contributed by atoms with Gasteiger partial charge in [-0.25, -0.2) is 9.78 Å². The van der Waals surface area contributed by atoms with Crippen molar-refractivity contribution in [3.63, 3.8) is 0 Å². The fourth-order valence-corrected chi connectivity index (χ4v) is 2.91. The van der Waals surface area contributed by atoms with Gasteiger partial charge in [-0.3, -0.25) is 9.59 Å². The predicted molar refractivity (Wildman–Crippen MR) is 74.2 cm³/mol. The van der Waals surface area contributed by atoms with Crippen LogP contribution in [0.5, 0.6) is 0 Å². The number of carbonyl (C=O) groups excluding carboxylic acids is 1. The Morgan fingerprint density at radius 1 is 1.55 bits per heavy atom. The number of rotatable bonds is 4. The van der Waals surface area contributed by atoms with Gasteiger partial charge in [0.25, 0.3) is 11.5 Å². The fraction of sp³-hybridized carbons (Fsp3) is 0.333. The number of carboxylic acids is 1. The van der Waals surface area contributed by atoms with E-state index in [1.165, 1.54) is 6.33 Å². The number of amides is 1. The van der Waals surface area contributed by atoms with Crippen LogP contribution in [0.1, 0.15) is 28.6 Å². The Morgan fingerprint density at radius 2 is 2.25 bits per heavy atom. The van der Waals surface area contributed by atoms with Crippen LogP contribution >= 0.6 is 11.3 Å². The summed E-state index contributed by atoms with van der Waals surface area (Å²) in [6, 6.07) is -0.946. The minimum atomic E-state index is -1.09. The van der Waals surface area contributed by atoms with Crippen molar-refractivity contribution in [3.05, 3.63) is 27.1 Å². The Balaban J connectivity index is 2.41. The first-order valence-corrected chi connectivity index (χ1v) is 6.77. The van der Waals surface area contributed by atoms with E-state index in [4.69, 9.17) is 5.11 Å². The number of hydrogen-bond acceptors (Lipinski definition) is 5. The predicted octanol–water partition coefficient (Wildman–Crippen LogP) is 0.886. The van der Waals surface area contributed by atoms with E-state index in [9.17, 15) is 14.4 Å². The molecule has 0 aliphatic carbocycles. The summed E-state index contributed by atoms with van der Waals surface area (Å²) in [7, 11) is 0. The summed E-state index contributed by atoms with van der Waals surface area (Å²) in [5, 5.41) is 11.7. The van der Waals surface area contributed by atoms with E-state index in [0.717, 1.165) is 11.3 Å². The highest BCUT2D eigenvalue weighted by Gasteiger charge is 2.23. The number of aromatic nitrogens is 2. The number of nitrogens with one attached hydrogen (secondary N) is 2. The van der Waals surface area contributed by atoms with Gasteiger partial charge in [-0.2, -0.15) is 0 Å². The molecule has 0 fully saturated rings. The summed E-state index contributed by atoms with van der Waals surface area (Å²) >= 11 is 1.07. The van der Waals surface area contributed by atoms with Gasteiger partial charge >= 0.3 is 5.97 Å². The largest absolute Gasteiger partial charge is 0.480 e. The van der Waals surface area contributed by atoms with Gasteiger partial charge in [0.1, 0.15) is 10.9 Å². The van der Waals surface area contributed by atoms with Crippen molar-refractivity contribution < 1.29 is 14.7 Å². The molecule has 0 aromatic carbocycles. The average Bonchev–Trinajstić information content (AvgIpc) is 2.74. The summed E-state index contributed by atoms with van der Waals surface area (Å²) < 4.78 is 0. The first-order valence-electron chi connectivity index (χ1n) is 5.96. The molecule has 8 heteroatoms. The van der Waals surface area contributed by atoms with Crippen molar-refractivity contribution in [1.29, 1.82) is 0 Å². The zero-order chi connectivity index (χ0) is 14.9. The van der Waals surface area contributed by atoms with E-state index in [1.807, 2.05) is 0 Å². The Bertz CT molecular complexity index is 734. The molecule has 2 aromatic heterocycles. The number of thiophene rings is 1. The van der Waals surface area contributed by atoms with Crippen LogP contribution < -0.4 is 10.9 Å². The molecule has 1 amide bonds. The lowest BCUT2D eigenvalue weighted by molar-refractivity contribution is -0.139. The van der Waals surface area contributed by atoms with E-state index in [0.29, 0.717) is 20.7 Å². The van der Waals surface area contributed by atoms with Crippen LogP contribution in [0.25, 0.3) is 10.2 Å². The van der Waals surface area contributed by atoms with Crippen LogP contribution in [0.2, 0.25) is 0 Å². The second-order valence-corrected chi connectivity index (χ2v) is 5.24. The summed E-state index contributed by atoms with van der Waals surface area (Å²) in [6.45, 7) is 3.31. The maximum absolute atomic E-state index is 12.1. The number of aryl methyl sites for hydroxylation is 1. The van der Waals surface area contributed by atoms with Crippen molar-refractivity contribution >= 4 is 33.4 Å². The third-order valence-corrected chi connectivity index (χ3v) is 4.15. The number of aliphatic carboxylic acids is 1. The maximum Gasteiger partial charge on any atom is 0.326 e. The van der Waals surface area contributed by atoms with Crippen LogP contribution in [-0.4, -0.2) is 33.0 Å². The molecule has 0 unspecified atom stereocenters.